The van der Waals surface area contributed by atoms with Crippen LogP contribution in [0.3, 0.4) is 0 Å². The van der Waals surface area contributed by atoms with Crippen molar-refractivity contribution in [2.24, 2.45) is 7.05 Å². The van der Waals surface area contributed by atoms with Crippen molar-refractivity contribution in [2.75, 3.05) is 31.1 Å². The molecule has 0 aliphatic carbocycles. The number of imidazole rings is 1. The number of piperazine rings is 1. The first-order valence-corrected chi connectivity index (χ1v) is 8.76. The van der Waals surface area contributed by atoms with Crippen LogP contribution in [-0.4, -0.2) is 51.8 Å². The van der Waals surface area contributed by atoms with Gasteiger partial charge in [-0.15, -0.1) is 0 Å². The van der Waals surface area contributed by atoms with Crippen molar-refractivity contribution in [3.05, 3.63) is 42.7 Å². The average molecular weight is 330 g/mol. The summed E-state index contributed by atoms with van der Waals surface area (Å²) in [5.41, 5.74) is 1.23. The van der Waals surface area contributed by atoms with Crippen LogP contribution in [0.25, 0.3) is 0 Å². The van der Waals surface area contributed by atoms with E-state index in [0.717, 1.165) is 31.3 Å². The number of benzene rings is 1. The summed E-state index contributed by atoms with van der Waals surface area (Å²) in [6, 6.07) is 10.4. The van der Waals surface area contributed by atoms with Crippen molar-refractivity contribution >= 4 is 23.4 Å². The number of carbonyl (C=O) groups is 1. The Morgan fingerprint density at radius 2 is 1.87 bits per heavy atom. The maximum atomic E-state index is 12.6. The summed E-state index contributed by atoms with van der Waals surface area (Å²) < 4.78 is 1.95. The number of aromatic nitrogens is 2. The van der Waals surface area contributed by atoms with Crippen molar-refractivity contribution in [3.63, 3.8) is 0 Å². The topological polar surface area (TPSA) is 41.4 Å². The third-order valence-electron chi connectivity index (χ3n) is 4.12. The Morgan fingerprint density at radius 3 is 2.48 bits per heavy atom. The van der Waals surface area contributed by atoms with E-state index < -0.39 is 0 Å². The van der Waals surface area contributed by atoms with E-state index in [9.17, 15) is 4.79 Å². The quantitative estimate of drug-likeness (QED) is 0.807. The molecule has 0 radical (unpaired) electrons. The Labute approximate surface area is 141 Å². The zero-order valence-electron chi connectivity index (χ0n) is 13.6. The van der Waals surface area contributed by atoms with Gasteiger partial charge in [-0.1, -0.05) is 30.0 Å². The lowest BCUT2D eigenvalue weighted by molar-refractivity contribution is -0.130. The zero-order chi connectivity index (χ0) is 16.2. The molecule has 1 aliphatic heterocycles. The Hall–Kier alpha value is -1.95. The number of hydrogen-bond donors (Lipinski definition) is 0. The number of thioether (sulfide) groups is 1. The number of carbonyl (C=O) groups excluding carboxylic acids is 1. The number of nitrogens with zero attached hydrogens (tertiary/aromatic N) is 4. The molecule has 1 aliphatic rings. The molecule has 0 N–H and O–H groups in total. The molecule has 2 aromatic rings. The molecule has 2 heterocycles. The Balaban J connectivity index is 1.55. The van der Waals surface area contributed by atoms with Gasteiger partial charge in [-0.05, 0) is 19.1 Å². The molecule has 1 saturated heterocycles. The number of hydrogen-bond acceptors (Lipinski definition) is 4. The maximum Gasteiger partial charge on any atom is 0.236 e. The van der Waals surface area contributed by atoms with Gasteiger partial charge in [-0.25, -0.2) is 4.98 Å². The fourth-order valence-corrected chi connectivity index (χ4v) is 3.67. The summed E-state index contributed by atoms with van der Waals surface area (Å²) in [5.74, 6) is 0.200. The van der Waals surface area contributed by atoms with Crippen molar-refractivity contribution < 1.29 is 4.79 Å². The van der Waals surface area contributed by atoms with Gasteiger partial charge >= 0.3 is 0 Å². The molecule has 3 rings (SSSR count). The van der Waals surface area contributed by atoms with Gasteiger partial charge in [0.25, 0.3) is 0 Å². The minimum Gasteiger partial charge on any atom is -0.368 e. The highest BCUT2D eigenvalue weighted by Crippen LogP contribution is 2.23. The lowest BCUT2D eigenvalue weighted by atomic mass is 10.2. The van der Waals surface area contributed by atoms with E-state index in [1.165, 1.54) is 17.4 Å². The normalized spacial score (nSPS) is 16.4. The smallest absolute Gasteiger partial charge is 0.236 e. The van der Waals surface area contributed by atoms with Crippen LogP contribution in [0.2, 0.25) is 0 Å². The number of rotatable bonds is 4. The van der Waals surface area contributed by atoms with E-state index in [1.807, 2.05) is 35.7 Å². The van der Waals surface area contributed by atoms with E-state index in [0.29, 0.717) is 0 Å². The van der Waals surface area contributed by atoms with Crippen LogP contribution in [-0.2, 0) is 11.8 Å². The predicted octanol–water partition coefficient (Wildman–Crippen LogP) is 2.25. The van der Waals surface area contributed by atoms with Crippen LogP contribution in [0.15, 0.2) is 47.9 Å². The summed E-state index contributed by atoms with van der Waals surface area (Å²) in [6.07, 6.45) is 3.66. The van der Waals surface area contributed by atoms with Gasteiger partial charge in [-0.2, -0.15) is 0 Å². The minimum absolute atomic E-state index is 0.112. The van der Waals surface area contributed by atoms with Crippen LogP contribution in [0.5, 0.6) is 0 Å². The minimum atomic E-state index is -0.112. The summed E-state index contributed by atoms with van der Waals surface area (Å²) in [5, 5.41) is 0.771. The molecule has 1 aromatic carbocycles. The first kappa shape index (κ1) is 15.9. The Kier molecular flexibility index (Phi) is 4.91. The van der Waals surface area contributed by atoms with Gasteiger partial charge in [0.15, 0.2) is 5.16 Å². The van der Waals surface area contributed by atoms with E-state index in [-0.39, 0.29) is 11.2 Å². The van der Waals surface area contributed by atoms with Gasteiger partial charge in [0, 0.05) is 51.3 Å². The average Bonchev–Trinajstić information content (AvgIpc) is 3.00. The van der Waals surface area contributed by atoms with Crippen molar-refractivity contribution in [2.45, 2.75) is 17.3 Å². The molecular formula is C17H22N4OS. The molecule has 5 nitrogen and oxygen atoms in total. The van der Waals surface area contributed by atoms with E-state index >= 15 is 0 Å². The van der Waals surface area contributed by atoms with Crippen LogP contribution in [0.4, 0.5) is 5.69 Å². The van der Waals surface area contributed by atoms with Gasteiger partial charge in [0.1, 0.15) is 0 Å². The Morgan fingerprint density at radius 1 is 1.17 bits per heavy atom. The molecule has 1 amide bonds. The van der Waals surface area contributed by atoms with Crippen LogP contribution < -0.4 is 4.90 Å². The second-order valence-corrected chi connectivity index (χ2v) is 7.04. The predicted molar refractivity (Wildman–Crippen MR) is 93.8 cm³/mol. The molecule has 0 saturated carbocycles. The Bertz CT molecular complexity index is 650. The van der Waals surface area contributed by atoms with Crippen LogP contribution in [0.1, 0.15) is 6.92 Å². The first-order chi connectivity index (χ1) is 11.1. The molecule has 1 unspecified atom stereocenters. The van der Waals surface area contributed by atoms with Gasteiger partial charge in [0.2, 0.25) is 5.91 Å². The number of anilines is 1. The molecule has 1 fully saturated rings. The highest BCUT2D eigenvalue weighted by Gasteiger charge is 2.26. The lowest BCUT2D eigenvalue weighted by Crippen LogP contribution is -2.50. The molecule has 0 bridgehead atoms. The molecular weight excluding hydrogens is 308 g/mol. The SMILES string of the molecule is CC(Sc1nccn1C)C(=O)N1CCN(c2ccccc2)CC1. The molecule has 0 spiro atoms. The summed E-state index contributed by atoms with van der Waals surface area (Å²) in [7, 11) is 1.95. The van der Waals surface area contributed by atoms with Crippen LogP contribution >= 0.6 is 11.8 Å². The second-order valence-electron chi connectivity index (χ2n) is 5.73. The molecule has 1 atom stereocenters. The standard InChI is InChI=1S/C17H22N4OS/c1-14(23-17-18-8-9-19(17)2)16(22)21-12-10-20(11-13-21)15-6-4-3-5-7-15/h3-9,14H,10-13H2,1-2H3. The lowest BCUT2D eigenvalue weighted by Gasteiger charge is -2.37. The monoisotopic (exact) mass is 330 g/mol. The molecule has 6 heteroatoms. The molecule has 23 heavy (non-hydrogen) atoms. The van der Waals surface area contributed by atoms with Gasteiger partial charge in [0.05, 0.1) is 5.25 Å². The second kappa shape index (κ2) is 7.08. The number of aryl methyl sites for hydroxylation is 1. The van der Waals surface area contributed by atoms with Crippen molar-refractivity contribution in [1.82, 2.24) is 14.5 Å². The molecule has 1 aromatic heterocycles. The van der Waals surface area contributed by atoms with Crippen molar-refractivity contribution in [1.29, 1.82) is 0 Å². The number of para-hydroxylation sites is 1. The largest absolute Gasteiger partial charge is 0.368 e. The van der Waals surface area contributed by atoms with Crippen LogP contribution in [0, 0.1) is 0 Å². The molecule has 122 valence electrons. The van der Waals surface area contributed by atoms with Gasteiger partial charge < -0.3 is 14.4 Å². The maximum absolute atomic E-state index is 12.6. The summed E-state index contributed by atoms with van der Waals surface area (Å²) in [6.45, 7) is 5.29. The van der Waals surface area contributed by atoms with Crippen molar-refractivity contribution in [3.8, 4) is 0 Å². The third-order valence-corrected chi connectivity index (χ3v) is 5.28. The van der Waals surface area contributed by atoms with E-state index in [2.05, 4.69) is 34.1 Å². The number of amides is 1. The van der Waals surface area contributed by atoms with Gasteiger partial charge in [-0.3, -0.25) is 4.79 Å². The third kappa shape index (κ3) is 3.69. The fourth-order valence-electron chi connectivity index (χ4n) is 2.75. The highest BCUT2D eigenvalue weighted by molar-refractivity contribution is 8.00. The zero-order valence-corrected chi connectivity index (χ0v) is 14.4. The summed E-state index contributed by atoms with van der Waals surface area (Å²) >= 11 is 1.52. The highest BCUT2D eigenvalue weighted by atomic mass is 32.2. The first-order valence-electron chi connectivity index (χ1n) is 7.88. The van der Waals surface area contributed by atoms with E-state index in [1.54, 1.807) is 6.20 Å². The fraction of sp³-hybridized carbons (Fsp3) is 0.412. The summed E-state index contributed by atoms with van der Waals surface area (Å²) in [4.78, 5) is 21.2. The van der Waals surface area contributed by atoms with E-state index in [4.69, 9.17) is 0 Å².